The monoisotopic (exact) mass is 374 g/mol. The topological polar surface area (TPSA) is 137 Å². The van der Waals surface area contributed by atoms with Crippen LogP contribution in [-0.4, -0.2) is 34.1 Å². The molecule has 1 aliphatic rings. The molecule has 2 aromatic rings. The fourth-order valence-electron chi connectivity index (χ4n) is 2.31. The van der Waals surface area contributed by atoms with Crippen molar-refractivity contribution in [2.75, 3.05) is 10.6 Å². The second kappa shape index (κ2) is 7.44. The fourth-order valence-corrected chi connectivity index (χ4v) is 2.31. The van der Waals surface area contributed by atoms with Crippen LogP contribution in [0.4, 0.5) is 17.2 Å². The van der Waals surface area contributed by atoms with Gasteiger partial charge in [0.25, 0.3) is 11.6 Å². The second-order valence-electron chi connectivity index (χ2n) is 6.27. The number of amides is 1. The summed E-state index contributed by atoms with van der Waals surface area (Å²) in [7, 11) is 0. The van der Waals surface area contributed by atoms with Crippen LogP contribution in [0.3, 0.4) is 0 Å². The largest absolute Gasteiger partial charge is 0.449 e. The molecule has 1 fully saturated rings. The third-order valence-corrected chi connectivity index (χ3v) is 3.90. The Morgan fingerprint density at radius 2 is 2.11 bits per heavy atom. The lowest BCUT2D eigenvalue weighted by atomic mass is 10.1. The van der Waals surface area contributed by atoms with E-state index in [4.69, 9.17) is 9.26 Å². The van der Waals surface area contributed by atoms with Crippen molar-refractivity contribution >= 4 is 29.1 Å². The summed E-state index contributed by atoms with van der Waals surface area (Å²) in [4.78, 5) is 35.0. The van der Waals surface area contributed by atoms with Gasteiger partial charge < -0.3 is 19.9 Å². The van der Waals surface area contributed by atoms with Crippen LogP contribution in [0, 0.1) is 17.0 Å². The third kappa shape index (κ3) is 4.60. The molecule has 1 atom stereocenters. The molecule has 1 amide bonds. The highest BCUT2D eigenvalue weighted by Crippen LogP contribution is 2.31. The molecule has 2 N–H and O–H groups in total. The molecule has 0 saturated heterocycles. The highest BCUT2D eigenvalue weighted by molar-refractivity contribution is 5.97. The van der Waals surface area contributed by atoms with Crippen molar-refractivity contribution in [3.05, 3.63) is 45.7 Å². The predicted octanol–water partition coefficient (Wildman–Crippen LogP) is 2.65. The van der Waals surface area contributed by atoms with E-state index in [-0.39, 0.29) is 23.1 Å². The number of esters is 1. The number of anilines is 2. The van der Waals surface area contributed by atoms with Crippen LogP contribution in [0.2, 0.25) is 0 Å². The van der Waals surface area contributed by atoms with Crippen molar-refractivity contribution in [1.82, 2.24) is 5.16 Å². The third-order valence-electron chi connectivity index (χ3n) is 3.90. The Kier molecular flexibility index (Phi) is 5.06. The normalized spacial score (nSPS) is 14.3. The van der Waals surface area contributed by atoms with Crippen molar-refractivity contribution in [2.45, 2.75) is 38.8 Å². The van der Waals surface area contributed by atoms with Crippen LogP contribution in [0.15, 0.2) is 28.8 Å². The van der Waals surface area contributed by atoms with Crippen LogP contribution in [0.25, 0.3) is 0 Å². The molecular weight excluding hydrogens is 356 g/mol. The maximum absolute atomic E-state index is 12.3. The van der Waals surface area contributed by atoms with Crippen LogP contribution >= 0.6 is 0 Å². The minimum atomic E-state index is -1.13. The predicted molar refractivity (Wildman–Crippen MR) is 94.5 cm³/mol. The smallest absolute Gasteiger partial charge is 0.339 e. The van der Waals surface area contributed by atoms with Gasteiger partial charge in [0.2, 0.25) is 0 Å². The van der Waals surface area contributed by atoms with Crippen molar-refractivity contribution in [2.24, 2.45) is 0 Å². The highest BCUT2D eigenvalue weighted by Gasteiger charge is 2.27. The van der Waals surface area contributed by atoms with Crippen molar-refractivity contribution < 1.29 is 23.8 Å². The number of hydrogen-bond donors (Lipinski definition) is 2. The van der Waals surface area contributed by atoms with Gasteiger partial charge in [-0.25, -0.2) is 4.79 Å². The molecule has 0 radical (unpaired) electrons. The lowest BCUT2D eigenvalue weighted by molar-refractivity contribution is -0.384. The number of aromatic nitrogens is 1. The molecule has 142 valence electrons. The number of benzene rings is 1. The molecule has 3 rings (SSSR count). The van der Waals surface area contributed by atoms with Gasteiger partial charge >= 0.3 is 5.97 Å². The van der Waals surface area contributed by atoms with Gasteiger partial charge in [-0.15, -0.1) is 0 Å². The SMILES string of the molecule is Cc1cc(NC(=O)[C@H](C)OC(=O)c2ccc(NC3CC3)c([N+](=O)[O-])c2)no1. The summed E-state index contributed by atoms with van der Waals surface area (Å²) in [5, 5.41) is 20.4. The molecular formula is C17H18N4O6. The molecule has 1 saturated carbocycles. The molecule has 1 heterocycles. The lowest BCUT2D eigenvalue weighted by Gasteiger charge is -2.13. The number of ether oxygens (including phenoxy) is 1. The summed E-state index contributed by atoms with van der Waals surface area (Å²) in [5.41, 5.74) is 0.123. The number of nitro groups is 1. The lowest BCUT2D eigenvalue weighted by Crippen LogP contribution is -2.30. The highest BCUT2D eigenvalue weighted by atomic mass is 16.6. The van der Waals surface area contributed by atoms with E-state index >= 15 is 0 Å². The molecule has 10 heteroatoms. The van der Waals surface area contributed by atoms with Crippen molar-refractivity contribution in [3.8, 4) is 0 Å². The molecule has 1 aliphatic carbocycles. The van der Waals surface area contributed by atoms with E-state index in [1.165, 1.54) is 25.1 Å². The fraction of sp³-hybridized carbons (Fsp3) is 0.353. The molecule has 1 aromatic carbocycles. The molecule has 0 unspecified atom stereocenters. The Balaban J connectivity index is 1.66. The first kappa shape index (κ1) is 18.4. The zero-order chi connectivity index (χ0) is 19.6. The zero-order valence-electron chi connectivity index (χ0n) is 14.7. The summed E-state index contributed by atoms with van der Waals surface area (Å²) in [6.45, 7) is 3.05. The van der Waals surface area contributed by atoms with Crippen LogP contribution in [-0.2, 0) is 9.53 Å². The van der Waals surface area contributed by atoms with Crippen molar-refractivity contribution in [1.29, 1.82) is 0 Å². The maximum Gasteiger partial charge on any atom is 0.339 e. The standard InChI is InChI=1S/C17H18N4O6/c1-9-7-15(20-27-9)19-16(22)10(2)26-17(23)11-3-6-13(18-12-4-5-12)14(8-11)21(24)25/h3,6-8,10,12,18H,4-5H2,1-2H3,(H,19,20,22)/t10-/m0/s1. The first-order valence-electron chi connectivity index (χ1n) is 8.33. The molecule has 0 bridgehead atoms. The van der Waals surface area contributed by atoms with E-state index in [0.29, 0.717) is 11.4 Å². The second-order valence-corrected chi connectivity index (χ2v) is 6.27. The van der Waals surface area contributed by atoms with E-state index in [2.05, 4.69) is 15.8 Å². The minimum absolute atomic E-state index is 0.0139. The number of carbonyl (C=O) groups excluding carboxylic acids is 2. The van der Waals surface area contributed by atoms with Gasteiger partial charge in [0.15, 0.2) is 11.9 Å². The van der Waals surface area contributed by atoms with E-state index in [0.717, 1.165) is 18.9 Å². The van der Waals surface area contributed by atoms with Gasteiger partial charge in [-0.2, -0.15) is 0 Å². The Bertz CT molecular complexity index is 889. The number of nitro benzene ring substituents is 1. The summed E-state index contributed by atoms with van der Waals surface area (Å²) in [6.07, 6.45) is 0.787. The number of carbonyl (C=O) groups is 2. The van der Waals surface area contributed by atoms with Crippen molar-refractivity contribution in [3.63, 3.8) is 0 Å². The number of hydrogen-bond acceptors (Lipinski definition) is 8. The summed E-state index contributed by atoms with van der Waals surface area (Å²) >= 11 is 0. The Labute approximate surface area is 154 Å². The molecule has 10 nitrogen and oxygen atoms in total. The van der Waals surface area contributed by atoms with Gasteiger partial charge in [0.1, 0.15) is 11.4 Å². The summed E-state index contributed by atoms with van der Waals surface area (Å²) in [5.74, 6) is -0.720. The van der Waals surface area contributed by atoms with E-state index in [1.54, 1.807) is 6.92 Å². The average molecular weight is 374 g/mol. The maximum atomic E-state index is 12.3. The van der Waals surface area contributed by atoms with E-state index in [9.17, 15) is 19.7 Å². The molecule has 0 spiro atoms. The number of nitrogens with one attached hydrogen (secondary N) is 2. The van der Waals surface area contributed by atoms with Gasteiger partial charge in [-0.3, -0.25) is 14.9 Å². The van der Waals surface area contributed by atoms with Gasteiger partial charge in [-0.05, 0) is 38.8 Å². The van der Waals surface area contributed by atoms with Crippen LogP contribution in [0.1, 0.15) is 35.9 Å². The molecule has 0 aliphatic heterocycles. The van der Waals surface area contributed by atoms with Gasteiger partial charge in [0.05, 0.1) is 10.5 Å². The first-order valence-corrected chi connectivity index (χ1v) is 8.33. The minimum Gasteiger partial charge on any atom is -0.449 e. The molecule has 1 aromatic heterocycles. The van der Waals surface area contributed by atoms with Gasteiger partial charge in [0, 0.05) is 18.2 Å². The zero-order valence-corrected chi connectivity index (χ0v) is 14.7. The number of aryl methyl sites for hydroxylation is 1. The van der Waals surface area contributed by atoms with Gasteiger partial charge in [-0.1, -0.05) is 5.16 Å². The van der Waals surface area contributed by atoms with Crippen LogP contribution in [0.5, 0.6) is 0 Å². The van der Waals surface area contributed by atoms with Crippen LogP contribution < -0.4 is 10.6 Å². The first-order chi connectivity index (χ1) is 12.8. The Morgan fingerprint density at radius 1 is 1.37 bits per heavy atom. The quantitative estimate of drug-likeness (QED) is 0.429. The Hall–Kier alpha value is -3.43. The summed E-state index contributed by atoms with van der Waals surface area (Å²) < 4.78 is 9.92. The average Bonchev–Trinajstić information content (AvgIpc) is 3.34. The number of rotatable bonds is 7. The van der Waals surface area contributed by atoms with E-state index in [1.807, 2.05) is 0 Å². The molecule has 27 heavy (non-hydrogen) atoms. The number of nitrogens with zero attached hydrogens (tertiary/aromatic N) is 2. The summed E-state index contributed by atoms with van der Waals surface area (Å²) in [6, 6.07) is 5.77. The Morgan fingerprint density at radius 3 is 2.70 bits per heavy atom. The van der Waals surface area contributed by atoms with E-state index < -0.39 is 22.9 Å².